The van der Waals surface area contributed by atoms with Gasteiger partial charge in [-0.25, -0.2) is 22.2 Å². The van der Waals surface area contributed by atoms with Crippen LogP contribution < -0.4 is 14.4 Å². The predicted octanol–water partition coefficient (Wildman–Crippen LogP) is 4.47. The number of thiazole rings is 1. The molecule has 176 valence electrons. The minimum atomic E-state index is -3.87. The minimum Gasteiger partial charge on any atom is -0.497 e. The summed E-state index contributed by atoms with van der Waals surface area (Å²) < 4.78 is 63.6. The van der Waals surface area contributed by atoms with E-state index in [0.29, 0.717) is 49.9 Å². The van der Waals surface area contributed by atoms with E-state index >= 15 is 0 Å². The van der Waals surface area contributed by atoms with Crippen LogP contribution >= 0.6 is 11.3 Å². The molecule has 0 bridgehead atoms. The summed E-state index contributed by atoms with van der Waals surface area (Å²) >= 11 is 1.51. The first-order chi connectivity index (χ1) is 15.8. The van der Waals surface area contributed by atoms with Gasteiger partial charge in [-0.15, -0.1) is 11.3 Å². The molecular formula is C23H24F2N2O4S2. The molecule has 1 aliphatic heterocycles. The molecule has 1 aromatic heterocycles. The molecule has 0 amide bonds. The Hall–Kier alpha value is -2.72. The highest BCUT2D eigenvalue weighted by molar-refractivity contribution is 7.92. The largest absolute Gasteiger partial charge is 0.497 e. The van der Waals surface area contributed by atoms with Gasteiger partial charge in [0, 0.05) is 37.0 Å². The van der Waals surface area contributed by atoms with E-state index in [9.17, 15) is 17.2 Å². The van der Waals surface area contributed by atoms with E-state index in [1.807, 2.05) is 28.5 Å². The van der Waals surface area contributed by atoms with Crippen molar-refractivity contribution < 1.29 is 26.7 Å². The second-order valence-electron chi connectivity index (χ2n) is 7.83. The zero-order chi connectivity index (χ0) is 23.6. The lowest BCUT2D eigenvalue weighted by Gasteiger charge is -2.31. The molecule has 10 heteroatoms. The summed E-state index contributed by atoms with van der Waals surface area (Å²) in [4.78, 5) is 6.33. The Bertz CT molecular complexity index is 1220. The zero-order valence-corrected chi connectivity index (χ0v) is 19.9. The normalized spacial score (nSPS) is 15.0. The highest BCUT2D eigenvalue weighted by Crippen LogP contribution is 2.31. The number of benzene rings is 2. The first-order valence-electron chi connectivity index (χ1n) is 10.4. The highest BCUT2D eigenvalue weighted by Gasteiger charge is 2.34. The Morgan fingerprint density at radius 3 is 2.33 bits per heavy atom. The number of anilines is 1. The van der Waals surface area contributed by atoms with Crippen LogP contribution in [-0.2, 0) is 16.3 Å². The van der Waals surface area contributed by atoms with Gasteiger partial charge in [-0.1, -0.05) is 0 Å². The van der Waals surface area contributed by atoms with E-state index in [-0.39, 0.29) is 0 Å². The lowest BCUT2D eigenvalue weighted by Crippen LogP contribution is -2.39. The second-order valence-corrected chi connectivity index (χ2v) is 10.9. The summed E-state index contributed by atoms with van der Waals surface area (Å²) in [6.45, 7) is 0.985. The van der Waals surface area contributed by atoms with Crippen LogP contribution in [0.2, 0.25) is 0 Å². The van der Waals surface area contributed by atoms with Gasteiger partial charge in [0.15, 0.2) is 15.0 Å². The first-order valence-corrected chi connectivity index (χ1v) is 12.8. The molecule has 33 heavy (non-hydrogen) atoms. The van der Waals surface area contributed by atoms with Crippen molar-refractivity contribution in [3.8, 4) is 11.5 Å². The van der Waals surface area contributed by atoms with Crippen LogP contribution in [-0.4, -0.2) is 46.0 Å². The van der Waals surface area contributed by atoms with Crippen LogP contribution in [0.5, 0.6) is 11.5 Å². The molecule has 0 aliphatic carbocycles. The summed E-state index contributed by atoms with van der Waals surface area (Å²) in [5.41, 5.74) is 1.91. The minimum absolute atomic E-state index is 0.348. The fraction of sp³-hybridized carbons (Fsp3) is 0.348. The third-order valence-electron chi connectivity index (χ3n) is 5.69. The maximum absolute atomic E-state index is 14.1. The van der Waals surface area contributed by atoms with Crippen LogP contribution in [0.4, 0.5) is 13.9 Å². The number of hydrogen-bond donors (Lipinski definition) is 0. The van der Waals surface area contributed by atoms with Gasteiger partial charge in [-0.2, -0.15) is 0 Å². The molecule has 0 atom stereocenters. The monoisotopic (exact) mass is 494 g/mol. The average molecular weight is 495 g/mol. The summed E-state index contributed by atoms with van der Waals surface area (Å²) in [7, 11) is -0.663. The SMILES string of the molecule is COc1cc(Cc2csc(N3CCC(S(=O)(=O)c4ccc(F)cc4F)CC3)n2)cc(OC)c1. The van der Waals surface area contributed by atoms with Gasteiger partial charge in [0.05, 0.1) is 25.2 Å². The Morgan fingerprint density at radius 1 is 1.06 bits per heavy atom. The maximum atomic E-state index is 14.1. The van der Waals surface area contributed by atoms with Gasteiger partial charge in [0.1, 0.15) is 28.0 Å². The van der Waals surface area contributed by atoms with Crippen LogP contribution in [0.15, 0.2) is 46.7 Å². The van der Waals surface area contributed by atoms with Crippen molar-refractivity contribution in [2.24, 2.45) is 0 Å². The third-order valence-corrected chi connectivity index (χ3v) is 8.93. The quantitative estimate of drug-likeness (QED) is 0.452. The van der Waals surface area contributed by atoms with Crippen LogP contribution in [0.3, 0.4) is 0 Å². The van der Waals surface area contributed by atoms with Gasteiger partial charge in [-0.05, 0) is 42.7 Å². The number of halogens is 2. The molecule has 0 spiro atoms. The van der Waals surface area contributed by atoms with Crippen molar-refractivity contribution in [3.05, 3.63) is 64.7 Å². The van der Waals surface area contributed by atoms with Crippen LogP contribution in [0.1, 0.15) is 24.1 Å². The predicted molar refractivity (Wildman–Crippen MR) is 123 cm³/mol. The molecule has 6 nitrogen and oxygen atoms in total. The zero-order valence-electron chi connectivity index (χ0n) is 18.3. The van der Waals surface area contributed by atoms with Crippen molar-refractivity contribution in [2.75, 3.05) is 32.2 Å². The van der Waals surface area contributed by atoms with Crippen LogP contribution in [0, 0.1) is 11.6 Å². The van der Waals surface area contributed by atoms with Crippen molar-refractivity contribution >= 4 is 26.3 Å². The summed E-state index contributed by atoms with van der Waals surface area (Å²) in [5.74, 6) is -0.425. The molecule has 3 aromatic rings. The lowest BCUT2D eigenvalue weighted by atomic mass is 10.1. The number of sulfone groups is 1. The summed E-state index contributed by atoms with van der Waals surface area (Å²) in [6.07, 6.45) is 1.31. The smallest absolute Gasteiger partial charge is 0.185 e. The Kier molecular flexibility index (Phi) is 6.85. The average Bonchev–Trinajstić information content (AvgIpc) is 3.27. The van der Waals surface area contributed by atoms with Gasteiger partial charge < -0.3 is 14.4 Å². The van der Waals surface area contributed by atoms with E-state index in [1.54, 1.807) is 14.2 Å². The van der Waals surface area contributed by atoms with E-state index in [4.69, 9.17) is 14.5 Å². The van der Waals surface area contributed by atoms with Crippen molar-refractivity contribution in [1.82, 2.24) is 4.98 Å². The summed E-state index contributed by atoms with van der Waals surface area (Å²) in [6, 6.07) is 8.27. The van der Waals surface area contributed by atoms with Gasteiger partial charge in [-0.3, -0.25) is 0 Å². The van der Waals surface area contributed by atoms with Gasteiger partial charge >= 0.3 is 0 Å². The number of hydrogen-bond acceptors (Lipinski definition) is 7. The second kappa shape index (κ2) is 9.64. The van der Waals surface area contributed by atoms with Gasteiger partial charge in [0.25, 0.3) is 0 Å². The van der Waals surface area contributed by atoms with Gasteiger partial charge in [0.2, 0.25) is 0 Å². The Labute approximate surface area is 195 Å². The number of piperidine rings is 1. The maximum Gasteiger partial charge on any atom is 0.185 e. The van der Waals surface area contributed by atoms with E-state index in [2.05, 4.69) is 0 Å². The lowest BCUT2D eigenvalue weighted by molar-refractivity contribution is 0.393. The standard InChI is InChI=1S/C23H24F2N2O4S2/c1-30-18-10-15(11-19(13-18)31-2)9-17-14-32-23(26-17)27-7-5-20(6-8-27)33(28,29)22-4-3-16(24)12-21(22)25/h3-4,10-14,20H,5-9H2,1-2H3. The molecule has 1 aliphatic rings. The Balaban J connectivity index is 1.42. The fourth-order valence-electron chi connectivity index (χ4n) is 3.94. The molecule has 4 rings (SSSR count). The first kappa shape index (κ1) is 23.4. The molecule has 0 saturated carbocycles. The molecule has 1 saturated heterocycles. The molecule has 1 fully saturated rings. The molecule has 0 radical (unpaired) electrons. The van der Waals surface area contributed by atoms with Crippen molar-refractivity contribution in [3.63, 3.8) is 0 Å². The summed E-state index contributed by atoms with van der Waals surface area (Å²) in [5, 5.41) is 2.10. The van der Waals surface area contributed by atoms with Crippen molar-refractivity contribution in [2.45, 2.75) is 29.4 Å². The number of ether oxygens (including phenoxy) is 2. The molecule has 2 aromatic carbocycles. The number of methoxy groups -OCH3 is 2. The Morgan fingerprint density at radius 2 is 1.73 bits per heavy atom. The fourth-order valence-corrected chi connectivity index (χ4v) is 6.60. The molecule has 0 N–H and O–H groups in total. The van der Waals surface area contributed by atoms with Crippen molar-refractivity contribution in [1.29, 1.82) is 0 Å². The highest BCUT2D eigenvalue weighted by atomic mass is 32.2. The molecular weight excluding hydrogens is 470 g/mol. The van der Waals surface area contributed by atoms with E-state index in [1.165, 1.54) is 11.3 Å². The number of rotatable bonds is 7. The van der Waals surface area contributed by atoms with Crippen LogP contribution in [0.25, 0.3) is 0 Å². The molecule has 2 heterocycles. The third kappa shape index (κ3) is 5.11. The van der Waals surface area contributed by atoms with E-state index in [0.717, 1.165) is 28.5 Å². The van der Waals surface area contributed by atoms with E-state index < -0.39 is 31.6 Å². The number of nitrogens with zero attached hydrogens (tertiary/aromatic N) is 2. The topological polar surface area (TPSA) is 68.7 Å². The number of aromatic nitrogens is 1. The molecule has 0 unspecified atom stereocenters.